The van der Waals surface area contributed by atoms with Gasteiger partial charge in [0.15, 0.2) is 6.29 Å². The van der Waals surface area contributed by atoms with Crippen LogP contribution in [-0.2, 0) is 0 Å². The Kier molecular flexibility index (Phi) is 3.87. The van der Waals surface area contributed by atoms with E-state index >= 15 is 0 Å². The van der Waals surface area contributed by atoms with Crippen LogP contribution < -0.4 is 4.74 Å². The van der Waals surface area contributed by atoms with Gasteiger partial charge >= 0.3 is 18.3 Å². The van der Waals surface area contributed by atoms with Crippen LogP contribution in [0, 0.1) is 10.1 Å². The summed E-state index contributed by atoms with van der Waals surface area (Å²) in [6.45, 7) is -3.45. The van der Waals surface area contributed by atoms with E-state index in [9.17, 15) is 28.5 Å². The van der Waals surface area contributed by atoms with Gasteiger partial charge in [-0.15, -0.1) is 0 Å². The van der Waals surface area contributed by atoms with Gasteiger partial charge in [-0.2, -0.15) is 8.78 Å². The first-order valence-corrected chi connectivity index (χ1v) is 4.33. The van der Waals surface area contributed by atoms with Crippen LogP contribution in [0.2, 0.25) is 0 Å². The molecule has 1 aromatic carbocycles. The van der Waals surface area contributed by atoms with Gasteiger partial charge in [0.25, 0.3) is 0 Å². The highest BCUT2D eigenvalue weighted by Gasteiger charge is 2.28. The average molecular weight is 261 g/mol. The largest absolute Gasteiger partial charge is 0.478 e. The minimum Gasteiger partial charge on any atom is -0.478 e. The molecule has 0 saturated carbocycles. The van der Waals surface area contributed by atoms with Crippen molar-refractivity contribution in [3.8, 4) is 5.75 Å². The molecule has 7 nitrogen and oxygen atoms in total. The first-order valence-electron chi connectivity index (χ1n) is 4.33. The summed E-state index contributed by atoms with van der Waals surface area (Å²) >= 11 is 0. The van der Waals surface area contributed by atoms with Crippen LogP contribution in [-0.4, -0.2) is 28.9 Å². The quantitative estimate of drug-likeness (QED) is 0.491. The third-order valence-corrected chi connectivity index (χ3v) is 1.91. The van der Waals surface area contributed by atoms with Crippen molar-refractivity contribution in [2.75, 3.05) is 0 Å². The number of benzene rings is 1. The van der Waals surface area contributed by atoms with Gasteiger partial charge in [-0.3, -0.25) is 14.9 Å². The number of aromatic carboxylic acids is 1. The van der Waals surface area contributed by atoms with Crippen molar-refractivity contribution < 1.29 is 33.1 Å². The molecule has 0 unspecified atom stereocenters. The summed E-state index contributed by atoms with van der Waals surface area (Å²) in [5.74, 6) is -2.93. The van der Waals surface area contributed by atoms with Crippen molar-refractivity contribution in [3.63, 3.8) is 0 Å². The first kappa shape index (κ1) is 13.5. The van der Waals surface area contributed by atoms with Crippen LogP contribution in [0.5, 0.6) is 5.75 Å². The lowest BCUT2D eigenvalue weighted by Crippen LogP contribution is -2.12. The normalized spacial score (nSPS) is 10.2. The number of nitro benzene ring substituents is 1. The number of carboxylic acid groups (broad SMARTS) is 1. The lowest BCUT2D eigenvalue weighted by atomic mass is 10.1. The molecule has 0 aromatic heterocycles. The Bertz CT molecular complexity index is 516. The molecule has 96 valence electrons. The predicted octanol–water partition coefficient (Wildman–Crippen LogP) is 1.71. The number of alkyl halides is 2. The van der Waals surface area contributed by atoms with Crippen molar-refractivity contribution in [2.45, 2.75) is 6.61 Å². The number of hydrogen-bond acceptors (Lipinski definition) is 5. The van der Waals surface area contributed by atoms with E-state index in [-0.39, 0.29) is 6.29 Å². The molecule has 1 aromatic rings. The summed E-state index contributed by atoms with van der Waals surface area (Å²) in [5, 5.41) is 19.4. The van der Waals surface area contributed by atoms with E-state index in [1.807, 2.05) is 0 Å². The van der Waals surface area contributed by atoms with Crippen molar-refractivity contribution in [1.82, 2.24) is 0 Å². The van der Waals surface area contributed by atoms with Crippen LogP contribution >= 0.6 is 0 Å². The third kappa shape index (κ3) is 2.56. The zero-order valence-corrected chi connectivity index (χ0v) is 8.50. The summed E-state index contributed by atoms with van der Waals surface area (Å²) in [7, 11) is 0. The van der Waals surface area contributed by atoms with E-state index < -0.39 is 40.1 Å². The minimum absolute atomic E-state index is 0.0749. The molecule has 1 N–H and O–H groups in total. The third-order valence-electron chi connectivity index (χ3n) is 1.91. The molecule has 0 spiro atoms. The Morgan fingerprint density at radius 3 is 2.50 bits per heavy atom. The molecule has 0 atom stereocenters. The lowest BCUT2D eigenvalue weighted by Gasteiger charge is -2.09. The average Bonchev–Trinajstić information content (AvgIpc) is 2.26. The van der Waals surface area contributed by atoms with Gasteiger partial charge in [0.05, 0.1) is 4.92 Å². The molecule has 0 bridgehead atoms. The summed E-state index contributed by atoms with van der Waals surface area (Å²) in [4.78, 5) is 30.9. The Balaban J connectivity index is 3.59. The van der Waals surface area contributed by atoms with Gasteiger partial charge in [0, 0.05) is 11.6 Å². The molecule has 0 fully saturated rings. The maximum absolute atomic E-state index is 12.1. The van der Waals surface area contributed by atoms with E-state index in [1.165, 1.54) is 0 Å². The molecule has 0 amide bonds. The molecule has 0 radical (unpaired) electrons. The van der Waals surface area contributed by atoms with Gasteiger partial charge in [-0.05, 0) is 6.07 Å². The summed E-state index contributed by atoms with van der Waals surface area (Å²) in [5.41, 5.74) is -2.43. The second kappa shape index (κ2) is 5.17. The Hall–Kier alpha value is -2.58. The number of halogens is 2. The molecular weight excluding hydrogens is 256 g/mol. The first-order chi connectivity index (χ1) is 8.38. The summed E-state index contributed by atoms with van der Waals surface area (Å²) in [6, 6.07) is 1.56. The lowest BCUT2D eigenvalue weighted by molar-refractivity contribution is -0.386. The van der Waals surface area contributed by atoms with Gasteiger partial charge in [0.2, 0.25) is 5.75 Å². The van der Waals surface area contributed by atoms with Crippen molar-refractivity contribution >= 4 is 17.9 Å². The minimum atomic E-state index is -3.45. The number of carbonyl (C=O) groups excluding carboxylic acids is 1. The zero-order chi connectivity index (χ0) is 13.9. The number of hydrogen-bond donors (Lipinski definition) is 1. The molecule has 1 rings (SSSR count). The maximum atomic E-state index is 12.1. The number of rotatable bonds is 5. The number of nitro groups is 1. The zero-order valence-electron chi connectivity index (χ0n) is 8.50. The van der Waals surface area contributed by atoms with E-state index in [4.69, 9.17) is 5.11 Å². The number of nitrogens with zero attached hydrogens (tertiary/aromatic N) is 1. The molecule has 0 aliphatic carbocycles. The highest BCUT2D eigenvalue weighted by molar-refractivity contribution is 6.01. The number of carbonyl (C=O) groups is 2. The van der Waals surface area contributed by atoms with Crippen LogP contribution in [0.4, 0.5) is 14.5 Å². The monoisotopic (exact) mass is 261 g/mol. The van der Waals surface area contributed by atoms with Gasteiger partial charge < -0.3 is 9.84 Å². The second-order valence-electron chi connectivity index (χ2n) is 2.94. The fourth-order valence-corrected chi connectivity index (χ4v) is 1.26. The molecule has 18 heavy (non-hydrogen) atoms. The molecule has 0 aliphatic heterocycles. The van der Waals surface area contributed by atoms with Crippen LogP contribution in [0.1, 0.15) is 20.7 Å². The smallest absolute Gasteiger partial charge is 0.387 e. The van der Waals surface area contributed by atoms with Crippen LogP contribution in [0.25, 0.3) is 0 Å². The van der Waals surface area contributed by atoms with Crippen molar-refractivity contribution in [3.05, 3.63) is 33.4 Å². The Morgan fingerprint density at radius 1 is 1.50 bits per heavy atom. The van der Waals surface area contributed by atoms with E-state index in [0.29, 0.717) is 6.07 Å². The SMILES string of the molecule is O=Cc1ccc([N+](=O)[O-])c(OC(F)F)c1C(=O)O. The van der Waals surface area contributed by atoms with E-state index in [1.54, 1.807) is 0 Å². The van der Waals surface area contributed by atoms with Gasteiger partial charge in [0.1, 0.15) is 5.56 Å². The van der Waals surface area contributed by atoms with E-state index in [2.05, 4.69) is 4.74 Å². The van der Waals surface area contributed by atoms with Gasteiger partial charge in [-0.25, -0.2) is 4.79 Å². The second-order valence-corrected chi connectivity index (χ2v) is 2.94. The molecule has 9 heteroatoms. The predicted molar refractivity (Wildman–Crippen MR) is 52.1 cm³/mol. The summed E-state index contributed by atoms with van der Waals surface area (Å²) in [6.07, 6.45) is 0.0749. The standard InChI is InChI=1S/C9H5F2NO6/c10-9(11)18-7-5(12(16)17)2-1-4(3-13)6(7)8(14)15/h1-3,9H,(H,14,15). The Labute approximate surface area is 97.7 Å². The number of carboxylic acids is 1. The van der Waals surface area contributed by atoms with Crippen molar-refractivity contribution in [2.24, 2.45) is 0 Å². The highest BCUT2D eigenvalue weighted by atomic mass is 19.3. The fourth-order valence-electron chi connectivity index (χ4n) is 1.26. The van der Waals surface area contributed by atoms with Crippen LogP contribution in [0.15, 0.2) is 12.1 Å². The Morgan fingerprint density at radius 2 is 2.11 bits per heavy atom. The van der Waals surface area contributed by atoms with Crippen LogP contribution in [0.3, 0.4) is 0 Å². The number of ether oxygens (including phenoxy) is 1. The maximum Gasteiger partial charge on any atom is 0.387 e. The van der Waals surface area contributed by atoms with Gasteiger partial charge in [-0.1, -0.05) is 0 Å². The number of aldehydes is 1. The molecule has 0 saturated heterocycles. The molecule has 0 heterocycles. The highest BCUT2D eigenvalue weighted by Crippen LogP contribution is 2.34. The topological polar surface area (TPSA) is 107 Å². The van der Waals surface area contributed by atoms with E-state index in [0.717, 1.165) is 6.07 Å². The van der Waals surface area contributed by atoms with Crippen molar-refractivity contribution in [1.29, 1.82) is 0 Å². The molecular formula is C9H5F2NO6. The molecule has 0 aliphatic rings. The fraction of sp³-hybridized carbons (Fsp3) is 0.111. The summed E-state index contributed by atoms with van der Waals surface area (Å²) < 4.78 is 28.1.